The highest BCUT2D eigenvalue weighted by Gasteiger charge is 2.46. The highest BCUT2D eigenvalue weighted by molar-refractivity contribution is 7.89. The van der Waals surface area contributed by atoms with Gasteiger partial charge in [0, 0.05) is 12.6 Å². The number of alkyl halides is 3. The molecule has 2 fully saturated rings. The van der Waals surface area contributed by atoms with Gasteiger partial charge in [0.25, 0.3) is 0 Å². The van der Waals surface area contributed by atoms with Crippen LogP contribution >= 0.6 is 0 Å². The number of rotatable bonds is 3. The first-order valence-corrected chi connectivity index (χ1v) is 9.34. The predicted octanol–water partition coefficient (Wildman–Crippen LogP) is 2.62. The standard InChI is InChI=1S/C14H22F3NO4S/c1-9-2-3-10(13(19)20)8-18(9)23(21,22)12-6-4-11(5-7-12)14(15,16)17/h9-12H,2-8H2,1H3,(H,19,20). The predicted molar refractivity (Wildman–Crippen MR) is 77.2 cm³/mol. The van der Waals surface area contributed by atoms with E-state index in [9.17, 15) is 26.4 Å². The highest BCUT2D eigenvalue weighted by Crippen LogP contribution is 2.40. The average Bonchev–Trinajstić information content (AvgIpc) is 2.46. The molecule has 5 nitrogen and oxygen atoms in total. The molecule has 0 radical (unpaired) electrons. The van der Waals surface area contributed by atoms with E-state index in [4.69, 9.17) is 5.11 Å². The minimum atomic E-state index is -4.28. The summed E-state index contributed by atoms with van der Waals surface area (Å²) in [6.45, 7) is 1.63. The number of aliphatic carboxylic acids is 1. The SMILES string of the molecule is CC1CCC(C(=O)O)CN1S(=O)(=O)C1CCC(C(F)(F)F)CC1. The summed E-state index contributed by atoms with van der Waals surface area (Å²) in [6.07, 6.45) is -3.81. The Hall–Kier alpha value is -0.830. The van der Waals surface area contributed by atoms with Gasteiger partial charge in [-0.2, -0.15) is 17.5 Å². The van der Waals surface area contributed by atoms with Crippen molar-refractivity contribution in [2.45, 2.75) is 62.9 Å². The summed E-state index contributed by atoms with van der Waals surface area (Å²) in [5.41, 5.74) is 0. The molecular weight excluding hydrogens is 335 g/mol. The minimum Gasteiger partial charge on any atom is -0.481 e. The van der Waals surface area contributed by atoms with E-state index in [0.29, 0.717) is 12.8 Å². The Morgan fingerprint density at radius 3 is 2.13 bits per heavy atom. The Bertz CT molecular complexity index is 541. The monoisotopic (exact) mass is 357 g/mol. The van der Waals surface area contributed by atoms with Gasteiger partial charge in [0.1, 0.15) is 0 Å². The summed E-state index contributed by atoms with van der Waals surface area (Å²) in [7, 11) is -3.77. The number of hydrogen-bond acceptors (Lipinski definition) is 3. The van der Waals surface area contributed by atoms with E-state index in [1.165, 1.54) is 4.31 Å². The van der Waals surface area contributed by atoms with Crippen molar-refractivity contribution >= 4 is 16.0 Å². The Morgan fingerprint density at radius 1 is 1.09 bits per heavy atom. The number of sulfonamides is 1. The third kappa shape index (κ3) is 3.99. The number of nitrogens with zero attached hydrogens (tertiary/aromatic N) is 1. The molecule has 134 valence electrons. The second kappa shape index (κ2) is 6.58. The first kappa shape index (κ1) is 18.5. The maximum absolute atomic E-state index is 12.7. The molecule has 2 aliphatic rings. The Labute approximate surface area is 133 Å². The van der Waals surface area contributed by atoms with Gasteiger partial charge >= 0.3 is 12.1 Å². The number of piperidine rings is 1. The van der Waals surface area contributed by atoms with Crippen LogP contribution in [0.1, 0.15) is 45.4 Å². The Morgan fingerprint density at radius 2 is 1.65 bits per heavy atom. The van der Waals surface area contributed by atoms with Crippen LogP contribution in [0, 0.1) is 11.8 Å². The van der Waals surface area contributed by atoms with Gasteiger partial charge in [-0.05, 0) is 45.4 Å². The fourth-order valence-corrected chi connectivity index (χ4v) is 5.76. The number of carbonyl (C=O) groups is 1. The largest absolute Gasteiger partial charge is 0.481 e. The maximum Gasteiger partial charge on any atom is 0.391 e. The van der Waals surface area contributed by atoms with Crippen LogP contribution in [0.15, 0.2) is 0 Å². The van der Waals surface area contributed by atoms with Crippen LogP contribution in [0.3, 0.4) is 0 Å². The number of carboxylic acid groups (broad SMARTS) is 1. The van der Waals surface area contributed by atoms with Crippen molar-refractivity contribution in [2.75, 3.05) is 6.54 Å². The van der Waals surface area contributed by atoms with Gasteiger partial charge < -0.3 is 5.11 Å². The molecule has 23 heavy (non-hydrogen) atoms. The van der Waals surface area contributed by atoms with E-state index in [2.05, 4.69) is 0 Å². The van der Waals surface area contributed by atoms with Gasteiger partial charge in [0.2, 0.25) is 10.0 Å². The van der Waals surface area contributed by atoms with Crippen LogP contribution in [0.4, 0.5) is 13.2 Å². The molecule has 2 rings (SSSR count). The van der Waals surface area contributed by atoms with Gasteiger partial charge in [-0.25, -0.2) is 8.42 Å². The normalized spacial score (nSPS) is 34.3. The fourth-order valence-electron chi connectivity index (χ4n) is 3.51. The molecule has 1 saturated heterocycles. The molecule has 1 saturated carbocycles. The zero-order valence-corrected chi connectivity index (χ0v) is 13.7. The fraction of sp³-hybridized carbons (Fsp3) is 0.929. The molecule has 0 bridgehead atoms. The first-order chi connectivity index (χ1) is 10.5. The Kier molecular flexibility index (Phi) is 5.30. The summed E-state index contributed by atoms with van der Waals surface area (Å²) >= 11 is 0. The average molecular weight is 357 g/mol. The van der Waals surface area contributed by atoms with Crippen LogP contribution in [0.5, 0.6) is 0 Å². The summed E-state index contributed by atoms with van der Waals surface area (Å²) < 4.78 is 64.7. The molecule has 0 amide bonds. The molecular formula is C14H22F3NO4S. The van der Waals surface area contributed by atoms with Crippen molar-refractivity contribution in [1.29, 1.82) is 0 Å². The molecule has 0 aromatic rings. The zero-order valence-electron chi connectivity index (χ0n) is 12.9. The second-order valence-electron chi connectivity index (χ2n) is 6.59. The van der Waals surface area contributed by atoms with E-state index in [0.717, 1.165) is 0 Å². The molecule has 0 aromatic carbocycles. The smallest absolute Gasteiger partial charge is 0.391 e. The molecule has 1 aliphatic carbocycles. The molecule has 0 spiro atoms. The second-order valence-corrected chi connectivity index (χ2v) is 8.76. The molecule has 9 heteroatoms. The lowest BCUT2D eigenvalue weighted by Gasteiger charge is -2.39. The van der Waals surface area contributed by atoms with E-state index in [-0.39, 0.29) is 38.3 Å². The van der Waals surface area contributed by atoms with Gasteiger partial charge in [0.15, 0.2) is 0 Å². The van der Waals surface area contributed by atoms with Gasteiger partial charge in [0.05, 0.1) is 17.1 Å². The van der Waals surface area contributed by atoms with Crippen LogP contribution in [-0.4, -0.2) is 47.8 Å². The zero-order chi connectivity index (χ0) is 17.4. The van der Waals surface area contributed by atoms with Crippen molar-refractivity contribution in [3.8, 4) is 0 Å². The third-order valence-electron chi connectivity index (χ3n) is 5.06. The van der Waals surface area contributed by atoms with Crippen molar-refractivity contribution in [3.63, 3.8) is 0 Å². The van der Waals surface area contributed by atoms with Crippen LogP contribution in [0.2, 0.25) is 0 Å². The van der Waals surface area contributed by atoms with E-state index < -0.39 is 39.3 Å². The maximum atomic E-state index is 12.7. The molecule has 1 N–H and O–H groups in total. The topological polar surface area (TPSA) is 74.7 Å². The first-order valence-electron chi connectivity index (χ1n) is 7.83. The summed E-state index contributed by atoms with van der Waals surface area (Å²) in [5, 5.41) is 8.26. The lowest BCUT2D eigenvalue weighted by molar-refractivity contribution is -0.181. The lowest BCUT2D eigenvalue weighted by Crippen LogP contribution is -2.51. The van der Waals surface area contributed by atoms with E-state index in [1.807, 2.05) is 0 Å². The number of halogens is 3. The number of hydrogen-bond donors (Lipinski definition) is 1. The Balaban J connectivity index is 2.08. The molecule has 1 heterocycles. The molecule has 0 aromatic heterocycles. The van der Waals surface area contributed by atoms with E-state index in [1.54, 1.807) is 6.92 Å². The van der Waals surface area contributed by atoms with Gasteiger partial charge in [-0.1, -0.05) is 0 Å². The summed E-state index contributed by atoms with van der Waals surface area (Å²) in [5.74, 6) is -3.20. The van der Waals surface area contributed by atoms with Gasteiger partial charge in [-0.3, -0.25) is 4.79 Å². The van der Waals surface area contributed by atoms with Crippen molar-refractivity contribution in [3.05, 3.63) is 0 Å². The highest BCUT2D eigenvalue weighted by atomic mass is 32.2. The van der Waals surface area contributed by atoms with Crippen molar-refractivity contribution in [1.82, 2.24) is 4.31 Å². The quantitative estimate of drug-likeness (QED) is 0.843. The minimum absolute atomic E-state index is 0.0204. The van der Waals surface area contributed by atoms with Crippen LogP contribution in [-0.2, 0) is 14.8 Å². The van der Waals surface area contributed by atoms with Crippen molar-refractivity contribution < 1.29 is 31.5 Å². The van der Waals surface area contributed by atoms with Crippen LogP contribution in [0.25, 0.3) is 0 Å². The molecule has 1 aliphatic heterocycles. The summed E-state index contributed by atoms with van der Waals surface area (Å²) in [4.78, 5) is 11.1. The van der Waals surface area contributed by atoms with Crippen LogP contribution < -0.4 is 0 Å². The number of carboxylic acids is 1. The molecule has 2 atom stereocenters. The van der Waals surface area contributed by atoms with Crippen molar-refractivity contribution in [2.24, 2.45) is 11.8 Å². The van der Waals surface area contributed by atoms with Gasteiger partial charge in [-0.15, -0.1) is 0 Å². The third-order valence-corrected chi connectivity index (χ3v) is 7.54. The molecule has 2 unspecified atom stereocenters. The summed E-state index contributed by atoms with van der Waals surface area (Å²) in [6, 6.07) is -0.309. The lowest BCUT2D eigenvalue weighted by atomic mass is 9.88. The van der Waals surface area contributed by atoms with E-state index >= 15 is 0 Å².